The Labute approximate surface area is 218 Å². The average molecular weight is 515 g/mol. The third kappa shape index (κ3) is 4.51. The Hall–Kier alpha value is -4.31. The third-order valence-electron chi connectivity index (χ3n) is 6.47. The number of para-hydroxylation sites is 1. The third-order valence-corrected chi connectivity index (χ3v) is 7.66. The van der Waals surface area contributed by atoms with E-state index in [1.165, 1.54) is 0 Å². The van der Waals surface area contributed by atoms with E-state index in [-0.39, 0.29) is 12.5 Å². The minimum absolute atomic E-state index is 0.200. The number of aromatic nitrogens is 3. The molecule has 0 unspecified atom stereocenters. The van der Waals surface area contributed by atoms with Gasteiger partial charge in [0.05, 0.1) is 12.1 Å². The summed E-state index contributed by atoms with van der Waals surface area (Å²) in [5, 5.41) is 22.0. The van der Waals surface area contributed by atoms with E-state index in [0.717, 1.165) is 32.3 Å². The van der Waals surface area contributed by atoms with Crippen LogP contribution in [0.25, 0.3) is 5.00 Å². The fourth-order valence-corrected chi connectivity index (χ4v) is 5.59. The summed E-state index contributed by atoms with van der Waals surface area (Å²) in [7, 11) is 1.71. The van der Waals surface area contributed by atoms with Gasteiger partial charge >= 0.3 is 12.0 Å². The first kappa shape index (κ1) is 24.4. The van der Waals surface area contributed by atoms with Crippen molar-refractivity contribution in [2.24, 2.45) is 4.99 Å². The Morgan fingerprint density at radius 1 is 1.05 bits per heavy atom. The molecule has 2 amide bonds. The number of hydrogen-bond donors (Lipinski definition) is 2. The first-order valence-corrected chi connectivity index (χ1v) is 12.6. The van der Waals surface area contributed by atoms with Crippen LogP contribution in [0.3, 0.4) is 0 Å². The van der Waals surface area contributed by atoms with Crippen LogP contribution < -0.4 is 10.2 Å². The topological polar surface area (TPSA) is 113 Å². The second-order valence-corrected chi connectivity index (χ2v) is 10.1. The minimum Gasteiger partial charge on any atom is -0.481 e. The van der Waals surface area contributed by atoms with Crippen LogP contribution in [0.2, 0.25) is 0 Å². The Morgan fingerprint density at radius 3 is 2.43 bits per heavy atom. The second-order valence-electron chi connectivity index (χ2n) is 8.90. The minimum atomic E-state index is -0.959. The van der Waals surface area contributed by atoms with E-state index in [9.17, 15) is 14.7 Å². The van der Waals surface area contributed by atoms with Gasteiger partial charge in [-0.25, -0.2) is 4.79 Å². The highest BCUT2D eigenvalue weighted by atomic mass is 32.1. The van der Waals surface area contributed by atoms with Crippen LogP contribution in [0.1, 0.15) is 45.7 Å². The number of aryl methyl sites for hydroxylation is 2. The molecule has 5 rings (SSSR count). The number of fused-ring (bicyclic) bond motifs is 3. The Kier molecular flexibility index (Phi) is 6.34. The highest BCUT2D eigenvalue weighted by Gasteiger charge is 2.32. The molecule has 10 heteroatoms. The molecule has 0 bridgehead atoms. The molecular weight excluding hydrogens is 488 g/mol. The number of nitrogens with zero attached hydrogens (tertiary/aromatic N) is 5. The van der Waals surface area contributed by atoms with E-state index < -0.39 is 12.0 Å². The van der Waals surface area contributed by atoms with Crippen LogP contribution in [0.4, 0.5) is 16.2 Å². The number of carbonyl (C=O) groups is 2. The van der Waals surface area contributed by atoms with Gasteiger partial charge in [0, 0.05) is 34.4 Å². The van der Waals surface area contributed by atoms with Crippen molar-refractivity contribution >= 4 is 40.4 Å². The van der Waals surface area contributed by atoms with Crippen molar-refractivity contribution in [1.29, 1.82) is 0 Å². The molecule has 0 aliphatic carbocycles. The molecule has 0 saturated heterocycles. The normalized spacial score (nSPS) is 14.3. The number of amides is 2. The second kappa shape index (κ2) is 9.62. The summed E-state index contributed by atoms with van der Waals surface area (Å²) >= 11 is 1.62. The Morgan fingerprint density at radius 2 is 1.76 bits per heavy atom. The number of aliphatic carboxylic acids is 1. The van der Waals surface area contributed by atoms with E-state index in [4.69, 9.17) is 4.99 Å². The number of hydrogen-bond acceptors (Lipinski definition) is 6. The number of carboxylic acids is 1. The van der Waals surface area contributed by atoms with Crippen LogP contribution in [0, 0.1) is 20.8 Å². The number of rotatable bonds is 5. The van der Waals surface area contributed by atoms with Crippen molar-refractivity contribution in [2.45, 2.75) is 33.2 Å². The SMILES string of the molecule is Cc1sc2c(c1C)C(c1ccc(NC(=O)N(C)c3ccccc3)cc1)=N[C@@H](CC(=O)O)c1nnc(C)n1-2. The van der Waals surface area contributed by atoms with Crippen LogP contribution in [0.5, 0.6) is 0 Å². The maximum atomic E-state index is 12.8. The molecule has 0 saturated carbocycles. The number of anilines is 2. The summed E-state index contributed by atoms with van der Waals surface area (Å²) in [6.45, 7) is 5.96. The van der Waals surface area contributed by atoms with Gasteiger partial charge in [0.15, 0.2) is 5.82 Å². The summed E-state index contributed by atoms with van der Waals surface area (Å²) in [6.07, 6.45) is -0.200. The number of urea groups is 1. The number of carboxylic acid groups (broad SMARTS) is 1. The molecule has 2 aromatic carbocycles. The molecule has 0 fully saturated rings. The highest BCUT2D eigenvalue weighted by Crippen LogP contribution is 2.39. The summed E-state index contributed by atoms with van der Waals surface area (Å²) in [5.41, 5.74) is 4.97. The first-order valence-electron chi connectivity index (χ1n) is 11.8. The smallest absolute Gasteiger partial charge is 0.326 e. The molecule has 1 atom stereocenters. The summed E-state index contributed by atoms with van der Waals surface area (Å²) in [6, 6.07) is 15.9. The van der Waals surface area contributed by atoms with Crippen LogP contribution in [-0.2, 0) is 4.79 Å². The molecular formula is C27H26N6O3S. The van der Waals surface area contributed by atoms with Gasteiger partial charge in [0.25, 0.3) is 0 Å². The van der Waals surface area contributed by atoms with Gasteiger partial charge in [-0.05, 0) is 50.6 Å². The summed E-state index contributed by atoms with van der Waals surface area (Å²) in [5.74, 6) is 0.245. The molecule has 1 aliphatic heterocycles. The van der Waals surface area contributed by atoms with Crippen LogP contribution in [0.15, 0.2) is 59.6 Å². The lowest BCUT2D eigenvalue weighted by molar-refractivity contribution is -0.137. The standard InChI is InChI=1S/C27H26N6O3S/c1-15-16(2)37-26-23(15)24(29-21(14-22(34)35)25-31-30-17(3)33(25)26)18-10-12-19(13-11-18)28-27(36)32(4)20-8-6-5-7-9-20/h5-13,21H,14H2,1-4H3,(H,28,36)(H,34,35)/t21-/m0/s1. The average Bonchev–Trinajstić information content (AvgIpc) is 3.36. The van der Waals surface area contributed by atoms with Crippen LogP contribution >= 0.6 is 11.3 Å². The van der Waals surface area contributed by atoms with Crippen molar-refractivity contribution < 1.29 is 14.7 Å². The zero-order chi connectivity index (χ0) is 26.3. The Balaban J connectivity index is 1.52. The molecule has 2 aromatic heterocycles. The highest BCUT2D eigenvalue weighted by molar-refractivity contribution is 7.15. The van der Waals surface area contributed by atoms with Gasteiger partial charge in [0.2, 0.25) is 0 Å². The molecule has 0 spiro atoms. The van der Waals surface area contributed by atoms with E-state index in [0.29, 0.717) is 23.0 Å². The van der Waals surface area contributed by atoms with Crippen LogP contribution in [-0.4, -0.2) is 44.6 Å². The van der Waals surface area contributed by atoms with E-state index in [1.54, 1.807) is 23.3 Å². The van der Waals surface area contributed by atoms with Gasteiger partial charge in [-0.3, -0.25) is 19.3 Å². The monoisotopic (exact) mass is 514 g/mol. The molecule has 4 aromatic rings. The lowest BCUT2D eigenvalue weighted by Crippen LogP contribution is -2.31. The number of thiophene rings is 1. The van der Waals surface area contributed by atoms with Gasteiger partial charge in [-0.2, -0.15) is 0 Å². The predicted octanol–water partition coefficient (Wildman–Crippen LogP) is 5.29. The largest absolute Gasteiger partial charge is 0.481 e. The van der Waals surface area contributed by atoms with E-state index >= 15 is 0 Å². The number of nitrogens with one attached hydrogen (secondary N) is 1. The van der Waals surface area contributed by atoms with E-state index in [2.05, 4.69) is 22.4 Å². The van der Waals surface area contributed by atoms with Gasteiger partial charge in [-0.15, -0.1) is 21.5 Å². The number of benzene rings is 2. The lowest BCUT2D eigenvalue weighted by Gasteiger charge is -2.18. The van der Waals surface area contributed by atoms with Crippen molar-refractivity contribution in [3.05, 3.63) is 87.8 Å². The first-order chi connectivity index (χ1) is 17.7. The van der Waals surface area contributed by atoms with Crippen molar-refractivity contribution in [3.8, 4) is 5.00 Å². The molecule has 37 heavy (non-hydrogen) atoms. The van der Waals surface area contributed by atoms with Gasteiger partial charge in [0.1, 0.15) is 16.9 Å². The maximum Gasteiger partial charge on any atom is 0.326 e. The fraction of sp³-hybridized carbons (Fsp3) is 0.222. The molecule has 0 radical (unpaired) electrons. The zero-order valence-corrected chi connectivity index (χ0v) is 21.7. The molecule has 9 nitrogen and oxygen atoms in total. The maximum absolute atomic E-state index is 12.8. The van der Waals surface area contributed by atoms with Crippen molar-refractivity contribution in [2.75, 3.05) is 17.3 Å². The quantitative estimate of drug-likeness (QED) is 0.376. The van der Waals surface area contributed by atoms with Crippen molar-refractivity contribution in [1.82, 2.24) is 14.8 Å². The number of aliphatic imine (C=N–C) groups is 1. The summed E-state index contributed by atoms with van der Waals surface area (Å²) < 4.78 is 1.93. The summed E-state index contributed by atoms with van der Waals surface area (Å²) in [4.78, 5) is 32.1. The zero-order valence-electron chi connectivity index (χ0n) is 20.9. The Bertz CT molecular complexity index is 1520. The molecule has 3 heterocycles. The van der Waals surface area contributed by atoms with E-state index in [1.807, 2.05) is 73.0 Å². The fourth-order valence-electron chi connectivity index (χ4n) is 4.38. The molecule has 2 N–H and O–H groups in total. The molecule has 188 valence electrons. The van der Waals surface area contributed by atoms with Gasteiger partial charge in [-0.1, -0.05) is 30.3 Å². The van der Waals surface area contributed by atoms with Gasteiger partial charge < -0.3 is 10.4 Å². The van der Waals surface area contributed by atoms with Crippen molar-refractivity contribution in [3.63, 3.8) is 0 Å². The predicted molar refractivity (Wildman–Crippen MR) is 144 cm³/mol. The lowest BCUT2D eigenvalue weighted by atomic mass is 9.99. The number of carbonyl (C=O) groups excluding carboxylic acids is 1. The molecule has 1 aliphatic rings.